The Morgan fingerprint density at radius 1 is 0.700 bits per heavy atom. The van der Waals surface area contributed by atoms with E-state index in [1.807, 2.05) is 42.5 Å². The van der Waals surface area contributed by atoms with E-state index in [-0.39, 0.29) is 0 Å². The summed E-state index contributed by atoms with van der Waals surface area (Å²) in [5.74, 6) is 0. The fraction of sp³-hybridized carbons (Fsp3) is 0.333. The predicted molar refractivity (Wildman–Crippen MR) is 128 cm³/mol. The zero-order valence-electron chi connectivity index (χ0n) is 18.6. The third-order valence-electron chi connectivity index (χ3n) is 6.31. The summed E-state index contributed by atoms with van der Waals surface area (Å²) in [6, 6.07) is 17.5. The van der Waals surface area contributed by atoms with Crippen molar-refractivity contribution in [2.24, 2.45) is 0 Å². The number of hydrogen-bond donors (Lipinski definition) is 3. The van der Waals surface area contributed by atoms with E-state index in [0.29, 0.717) is 16.9 Å². The highest BCUT2D eigenvalue weighted by atomic mass is 16.3. The van der Waals surface area contributed by atoms with Gasteiger partial charge in [-0.15, -0.1) is 0 Å². The zero-order chi connectivity index (χ0) is 21.9. The Kier molecular flexibility index (Phi) is 6.52. The Hall–Kier alpha value is -2.78. The molecule has 0 amide bonds. The summed E-state index contributed by atoms with van der Waals surface area (Å²) in [7, 11) is 0. The number of aliphatic hydroxyl groups is 1. The van der Waals surface area contributed by atoms with Gasteiger partial charge in [-0.2, -0.15) is 0 Å². The number of hydrogen-bond acceptors (Lipinski definition) is 3. The van der Waals surface area contributed by atoms with Crippen LogP contribution in [-0.4, -0.2) is 5.11 Å². The second kappa shape index (κ2) is 8.93. The van der Waals surface area contributed by atoms with Crippen molar-refractivity contribution in [1.82, 2.24) is 0 Å². The third kappa shape index (κ3) is 3.48. The van der Waals surface area contributed by atoms with Crippen LogP contribution < -0.4 is 11.5 Å². The van der Waals surface area contributed by atoms with Crippen LogP contribution >= 0.6 is 0 Å². The van der Waals surface area contributed by atoms with Gasteiger partial charge >= 0.3 is 0 Å². The Morgan fingerprint density at radius 3 is 1.90 bits per heavy atom. The number of rotatable bonds is 7. The van der Waals surface area contributed by atoms with E-state index >= 15 is 0 Å². The van der Waals surface area contributed by atoms with Crippen molar-refractivity contribution < 1.29 is 5.11 Å². The van der Waals surface area contributed by atoms with Gasteiger partial charge in [0.25, 0.3) is 0 Å². The van der Waals surface area contributed by atoms with Crippen molar-refractivity contribution in [3.05, 3.63) is 93.5 Å². The molecule has 1 atom stereocenters. The molecule has 3 rings (SSSR count). The highest BCUT2D eigenvalue weighted by molar-refractivity contribution is 5.72. The second-order valence-electron chi connectivity index (χ2n) is 7.82. The van der Waals surface area contributed by atoms with Crippen LogP contribution in [0.2, 0.25) is 0 Å². The van der Waals surface area contributed by atoms with E-state index in [4.69, 9.17) is 11.5 Å². The summed E-state index contributed by atoms with van der Waals surface area (Å²) in [5.41, 5.74) is 19.8. The molecular formula is C27H34N2O. The lowest BCUT2D eigenvalue weighted by atomic mass is 9.74. The van der Waals surface area contributed by atoms with E-state index in [2.05, 4.69) is 33.8 Å². The molecule has 3 nitrogen and oxygen atoms in total. The number of benzene rings is 3. The number of para-hydroxylation sites is 1. The molecule has 5 N–H and O–H groups in total. The number of nitrogens with two attached hydrogens (primary N) is 2. The molecule has 0 aliphatic heterocycles. The van der Waals surface area contributed by atoms with Crippen LogP contribution in [0.4, 0.5) is 11.4 Å². The Balaban J connectivity index is 2.49. The molecule has 0 aromatic heterocycles. The molecule has 0 saturated carbocycles. The molecule has 1 unspecified atom stereocenters. The molecule has 158 valence electrons. The van der Waals surface area contributed by atoms with Crippen molar-refractivity contribution in [1.29, 1.82) is 0 Å². The van der Waals surface area contributed by atoms with Crippen molar-refractivity contribution in [3.63, 3.8) is 0 Å². The lowest BCUT2D eigenvalue weighted by Gasteiger charge is -2.35. The van der Waals surface area contributed by atoms with Gasteiger partial charge in [-0.1, -0.05) is 76.2 Å². The number of anilines is 2. The SMILES string of the molecule is CCc1cc(C(O)(c2ccccc2)c2cccc(N)c2N)c(CC)c(CC)c1CC. The second-order valence-corrected chi connectivity index (χ2v) is 7.82. The highest BCUT2D eigenvalue weighted by Gasteiger charge is 2.38. The largest absolute Gasteiger partial charge is 0.397 e. The lowest BCUT2D eigenvalue weighted by molar-refractivity contribution is 0.125. The normalized spacial score (nSPS) is 13.2. The van der Waals surface area contributed by atoms with Crippen molar-refractivity contribution >= 4 is 11.4 Å². The number of aryl methyl sites for hydroxylation is 1. The van der Waals surface area contributed by atoms with Gasteiger partial charge in [0.1, 0.15) is 5.60 Å². The number of nitrogen functional groups attached to an aromatic ring is 2. The maximum absolute atomic E-state index is 12.5. The Labute approximate surface area is 180 Å². The topological polar surface area (TPSA) is 72.3 Å². The maximum atomic E-state index is 12.5. The van der Waals surface area contributed by atoms with E-state index in [1.165, 1.54) is 22.3 Å². The Bertz CT molecular complexity index is 1030. The summed E-state index contributed by atoms with van der Waals surface area (Å²) in [6.45, 7) is 8.76. The monoisotopic (exact) mass is 402 g/mol. The molecule has 0 spiro atoms. The summed E-state index contributed by atoms with van der Waals surface area (Å²) in [6.07, 6.45) is 3.69. The van der Waals surface area contributed by atoms with E-state index in [0.717, 1.165) is 36.8 Å². The quantitative estimate of drug-likeness (QED) is 0.367. The van der Waals surface area contributed by atoms with Gasteiger partial charge in [-0.3, -0.25) is 0 Å². The smallest absolute Gasteiger partial charge is 0.142 e. The van der Waals surface area contributed by atoms with Crippen LogP contribution in [0.15, 0.2) is 54.6 Å². The van der Waals surface area contributed by atoms with Crippen LogP contribution in [0.1, 0.15) is 66.6 Å². The van der Waals surface area contributed by atoms with Gasteiger partial charge in [0.2, 0.25) is 0 Å². The van der Waals surface area contributed by atoms with Gasteiger partial charge in [0, 0.05) is 5.56 Å². The minimum atomic E-state index is -1.38. The lowest BCUT2D eigenvalue weighted by Crippen LogP contribution is -2.32. The first-order chi connectivity index (χ1) is 14.4. The Morgan fingerprint density at radius 2 is 1.33 bits per heavy atom. The van der Waals surface area contributed by atoms with E-state index in [9.17, 15) is 5.11 Å². The van der Waals surface area contributed by atoms with Gasteiger partial charge in [-0.05, 0) is 65.1 Å². The molecule has 0 aliphatic rings. The highest BCUT2D eigenvalue weighted by Crippen LogP contribution is 2.44. The van der Waals surface area contributed by atoms with Crippen LogP contribution in [-0.2, 0) is 31.3 Å². The molecule has 30 heavy (non-hydrogen) atoms. The fourth-order valence-electron chi connectivity index (χ4n) is 4.83. The predicted octanol–water partition coefficient (Wildman–Crippen LogP) is 5.38. The first-order valence-corrected chi connectivity index (χ1v) is 11.0. The average molecular weight is 403 g/mol. The van der Waals surface area contributed by atoms with Crippen molar-refractivity contribution in [3.8, 4) is 0 Å². The minimum Gasteiger partial charge on any atom is -0.397 e. The van der Waals surface area contributed by atoms with Gasteiger partial charge in [0.05, 0.1) is 11.4 Å². The molecule has 3 heteroatoms. The van der Waals surface area contributed by atoms with Gasteiger partial charge in [0.15, 0.2) is 0 Å². The first-order valence-electron chi connectivity index (χ1n) is 11.0. The summed E-state index contributed by atoms with van der Waals surface area (Å²) < 4.78 is 0. The maximum Gasteiger partial charge on any atom is 0.142 e. The van der Waals surface area contributed by atoms with Gasteiger partial charge in [-0.25, -0.2) is 0 Å². The molecular weight excluding hydrogens is 368 g/mol. The molecule has 0 saturated heterocycles. The van der Waals surface area contributed by atoms with Crippen LogP contribution in [0.5, 0.6) is 0 Å². The zero-order valence-corrected chi connectivity index (χ0v) is 18.6. The molecule has 0 radical (unpaired) electrons. The standard InChI is InChI=1S/C27H34N2O/c1-5-18-17-24(22(8-4)21(7-3)20(18)6-2)27(30,19-13-10-9-11-14-19)23-15-12-16-25(28)26(23)29/h9-17,30H,5-8,28-29H2,1-4H3. The molecule has 0 heterocycles. The molecule has 0 bridgehead atoms. The van der Waals surface area contributed by atoms with Crippen molar-refractivity contribution in [2.75, 3.05) is 11.5 Å². The van der Waals surface area contributed by atoms with Gasteiger partial charge < -0.3 is 16.6 Å². The molecule has 0 fully saturated rings. The van der Waals surface area contributed by atoms with E-state index in [1.54, 1.807) is 6.07 Å². The molecule has 3 aromatic carbocycles. The van der Waals surface area contributed by atoms with Crippen LogP contribution in [0, 0.1) is 0 Å². The minimum absolute atomic E-state index is 0.432. The summed E-state index contributed by atoms with van der Waals surface area (Å²) in [5, 5.41) is 12.5. The van der Waals surface area contributed by atoms with Crippen LogP contribution in [0.3, 0.4) is 0 Å². The molecule has 0 aliphatic carbocycles. The van der Waals surface area contributed by atoms with E-state index < -0.39 is 5.60 Å². The van der Waals surface area contributed by atoms with Crippen LogP contribution in [0.25, 0.3) is 0 Å². The third-order valence-corrected chi connectivity index (χ3v) is 6.31. The summed E-state index contributed by atoms with van der Waals surface area (Å²) >= 11 is 0. The molecule has 3 aromatic rings. The summed E-state index contributed by atoms with van der Waals surface area (Å²) in [4.78, 5) is 0. The first kappa shape index (κ1) is 21.9. The average Bonchev–Trinajstić information content (AvgIpc) is 2.79. The fourth-order valence-corrected chi connectivity index (χ4v) is 4.83. The van der Waals surface area contributed by atoms with Crippen molar-refractivity contribution in [2.45, 2.75) is 59.0 Å².